The number of aryl methyl sites for hydroxylation is 5. The van der Waals surface area contributed by atoms with E-state index in [1.54, 1.807) is 36.4 Å². The molecule has 1 aliphatic heterocycles. The van der Waals surface area contributed by atoms with Crippen LogP contribution in [-0.2, 0) is 0 Å². The van der Waals surface area contributed by atoms with E-state index in [9.17, 15) is 19.5 Å². The van der Waals surface area contributed by atoms with Crippen LogP contribution in [0.15, 0.2) is 103 Å². The lowest BCUT2D eigenvalue weighted by Gasteiger charge is -2.35. The van der Waals surface area contributed by atoms with Crippen molar-refractivity contribution in [2.75, 3.05) is 33.6 Å². The molecular formula is C43H51N5O5. The number of carbonyl (C=O) groups is 3. The molecular weight excluding hydrogens is 667 g/mol. The minimum absolute atomic E-state index is 0.104. The molecule has 6 N–H and O–H groups in total. The van der Waals surface area contributed by atoms with Crippen molar-refractivity contribution in [3.05, 3.63) is 142 Å². The van der Waals surface area contributed by atoms with Gasteiger partial charge in [0.2, 0.25) is 6.35 Å². The highest BCUT2D eigenvalue weighted by Gasteiger charge is 2.32. The Bertz CT molecular complexity index is 2000. The Labute approximate surface area is 313 Å². The number of amides is 2. The molecule has 0 saturated heterocycles. The van der Waals surface area contributed by atoms with Gasteiger partial charge in [-0.05, 0) is 137 Å². The average molecular weight is 718 g/mol. The predicted octanol–water partition coefficient (Wildman–Crippen LogP) is 9.41. The van der Waals surface area contributed by atoms with Crippen LogP contribution in [-0.4, -0.2) is 36.3 Å². The molecule has 1 heterocycles. The second-order valence-corrected chi connectivity index (χ2v) is 12.2. The second-order valence-electron chi connectivity index (χ2n) is 12.2. The number of Topliss-reactive ketones (excluding diaryl/α,β-unsaturated/α-hetero) is 1. The first kappa shape index (κ1) is 41.3. The molecule has 10 heteroatoms. The van der Waals surface area contributed by atoms with Crippen molar-refractivity contribution < 1.29 is 24.2 Å². The Morgan fingerprint density at radius 3 is 1.94 bits per heavy atom. The number of nitrogens with zero attached hydrogens (tertiary/aromatic N) is 1. The monoisotopic (exact) mass is 717 g/mol. The average Bonchev–Trinajstić information content (AvgIpc) is 3.13. The molecule has 2 amide bonds. The maximum atomic E-state index is 12.7. The zero-order chi connectivity index (χ0) is 39.2. The molecule has 0 aromatic heterocycles. The number of nitrogen functional groups attached to an aromatic ring is 1. The Balaban J connectivity index is 0.000000224. The van der Waals surface area contributed by atoms with E-state index in [0.717, 1.165) is 39.2 Å². The molecule has 1 atom stereocenters. The van der Waals surface area contributed by atoms with Crippen LogP contribution in [0.5, 0.6) is 5.75 Å². The van der Waals surface area contributed by atoms with Gasteiger partial charge in [0.15, 0.2) is 5.78 Å². The molecule has 0 fully saturated rings. The number of aliphatic hydroxyl groups is 1. The van der Waals surface area contributed by atoms with Crippen molar-refractivity contribution in [2.45, 2.75) is 61.7 Å². The zero-order valence-corrected chi connectivity index (χ0v) is 32.0. The van der Waals surface area contributed by atoms with E-state index < -0.39 is 12.4 Å². The van der Waals surface area contributed by atoms with E-state index in [0.29, 0.717) is 33.9 Å². The van der Waals surface area contributed by atoms with Gasteiger partial charge in [-0.25, -0.2) is 4.79 Å². The number of para-hydroxylation sites is 1. The number of anilines is 5. The Morgan fingerprint density at radius 2 is 1.36 bits per heavy atom. The molecule has 0 bridgehead atoms. The zero-order valence-electron chi connectivity index (χ0n) is 32.0. The van der Waals surface area contributed by atoms with Gasteiger partial charge >= 0.3 is 6.09 Å². The van der Waals surface area contributed by atoms with Crippen LogP contribution in [0.25, 0.3) is 0 Å². The summed E-state index contributed by atoms with van der Waals surface area (Å²) in [5, 5.41) is 18.9. The highest BCUT2D eigenvalue weighted by atomic mass is 16.6. The minimum atomic E-state index is -1.06. The number of fused-ring (bicyclic) bond motifs is 1. The van der Waals surface area contributed by atoms with Crippen LogP contribution >= 0.6 is 0 Å². The number of nitrogens with two attached hydrogens (primary N) is 1. The number of aliphatic hydroxyl groups excluding tert-OH is 1. The molecule has 1 aliphatic rings. The first-order valence-electron chi connectivity index (χ1n) is 17.4. The molecule has 10 nitrogen and oxygen atoms in total. The van der Waals surface area contributed by atoms with E-state index in [1.807, 2.05) is 122 Å². The normalized spacial score (nSPS) is 12.5. The van der Waals surface area contributed by atoms with Gasteiger partial charge in [0.1, 0.15) is 5.75 Å². The summed E-state index contributed by atoms with van der Waals surface area (Å²) in [5.74, 6) is 0.152. The largest absolute Gasteiger partial charge is 0.417 e. The number of nitrogens with one attached hydrogen (secondary N) is 3. The van der Waals surface area contributed by atoms with Gasteiger partial charge in [0.25, 0.3) is 5.91 Å². The fraction of sp³-hybridized carbons (Fsp3) is 0.233. The van der Waals surface area contributed by atoms with Gasteiger partial charge in [0, 0.05) is 29.7 Å². The summed E-state index contributed by atoms with van der Waals surface area (Å²) in [6.45, 7) is 15.3. The first-order chi connectivity index (χ1) is 25.3. The standard InChI is InChI=1S/C17H18N2O2.C17H17NO3.C7H10N2.C2H6/c1-10-4-6-13(7-5-10)19-16(20)14-8-11(2)12(3)9-15(14)18-17(19)21;1-11-9-15(13(3)19)16(10-12(11)2)18-17(20)21-14-7-5-4-6-8-14;1-9-7-4-2-6(8)3-5-7;1-2/h4-9,17-18,21H,1-3H3;4-10H,1-3H3,(H,18,20);2-5,9H,8H2,1H3;1-2H3. The van der Waals surface area contributed by atoms with Crippen LogP contribution in [0, 0.1) is 34.6 Å². The van der Waals surface area contributed by atoms with Gasteiger partial charge < -0.3 is 26.2 Å². The van der Waals surface area contributed by atoms with E-state index in [1.165, 1.54) is 11.8 Å². The summed E-state index contributed by atoms with van der Waals surface area (Å²) in [6, 6.07) is 31.2. The third-order valence-electron chi connectivity index (χ3n) is 8.33. The number of hydrogen-bond acceptors (Lipinski definition) is 8. The van der Waals surface area contributed by atoms with Gasteiger partial charge in [-0.2, -0.15) is 0 Å². The highest BCUT2D eigenvalue weighted by molar-refractivity contribution is 6.12. The summed E-state index contributed by atoms with van der Waals surface area (Å²) >= 11 is 0. The summed E-state index contributed by atoms with van der Waals surface area (Å²) in [5.41, 5.74) is 15.5. The van der Waals surface area contributed by atoms with Gasteiger partial charge in [-0.1, -0.05) is 49.7 Å². The summed E-state index contributed by atoms with van der Waals surface area (Å²) in [6.07, 6.45) is -1.68. The van der Waals surface area contributed by atoms with Crippen molar-refractivity contribution in [1.82, 2.24) is 0 Å². The quantitative estimate of drug-likeness (QED) is 0.0893. The van der Waals surface area contributed by atoms with Crippen molar-refractivity contribution in [3.63, 3.8) is 0 Å². The number of carbonyl (C=O) groups excluding carboxylic acids is 3. The van der Waals surface area contributed by atoms with Crippen LogP contribution in [0.4, 0.5) is 33.2 Å². The van der Waals surface area contributed by atoms with Gasteiger partial charge in [-0.15, -0.1) is 0 Å². The topological polar surface area (TPSA) is 146 Å². The second kappa shape index (κ2) is 19.5. The van der Waals surface area contributed by atoms with Crippen LogP contribution in [0.1, 0.15) is 69.3 Å². The maximum Gasteiger partial charge on any atom is 0.417 e. The van der Waals surface area contributed by atoms with E-state index in [2.05, 4.69) is 16.0 Å². The Hall–Kier alpha value is -6.13. The summed E-state index contributed by atoms with van der Waals surface area (Å²) < 4.78 is 5.16. The fourth-order valence-electron chi connectivity index (χ4n) is 5.11. The Morgan fingerprint density at radius 1 is 0.792 bits per heavy atom. The number of benzene rings is 5. The molecule has 0 radical (unpaired) electrons. The SMILES string of the molecule is CC.CC(=O)c1cc(C)c(C)cc1NC(=O)Oc1ccccc1.CNc1ccc(N)cc1.Cc1ccc(N2C(=O)c3cc(C)c(C)cc3NC2O)cc1. The minimum Gasteiger partial charge on any atom is -0.410 e. The lowest BCUT2D eigenvalue weighted by Crippen LogP contribution is -2.49. The maximum absolute atomic E-state index is 12.7. The number of rotatable bonds is 5. The molecule has 0 saturated carbocycles. The van der Waals surface area contributed by atoms with E-state index in [-0.39, 0.29) is 11.7 Å². The predicted molar refractivity (Wildman–Crippen MR) is 217 cm³/mol. The molecule has 53 heavy (non-hydrogen) atoms. The molecule has 0 aliphatic carbocycles. The number of hydrogen-bond donors (Lipinski definition) is 5. The number of ketones is 1. The van der Waals surface area contributed by atoms with E-state index in [4.69, 9.17) is 10.5 Å². The molecule has 6 rings (SSSR count). The van der Waals surface area contributed by atoms with Crippen molar-refractivity contribution in [1.29, 1.82) is 0 Å². The van der Waals surface area contributed by atoms with Crippen molar-refractivity contribution in [3.8, 4) is 5.75 Å². The summed E-state index contributed by atoms with van der Waals surface area (Å²) in [4.78, 5) is 37.7. The van der Waals surface area contributed by atoms with Crippen LogP contribution < -0.4 is 31.3 Å². The molecule has 278 valence electrons. The molecule has 5 aromatic rings. The number of ether oxygens (including phenoxy) is 1. The molecule has 5 aromatic carbocycles. The summed E-state index contributed by atoms with van der Waals surface area (Å²) in [7, 11) is 1.88. The van der Waals surface area contributed by atoms with E-state index >= 15 is 0 Å². The lowest BCUT2D eigenvalue weighted by molar-refractivity contribution is 0.0900. The van der Waals surface area contributed by atoms with Gasteiger partial charge in [0.05, 0.1) is 16.9 Å². The molecule has 1 unspecified atom stereocenters. The third-order valence-corrected chi connectivity index (χ3v) is 8.33. The van der Waals surface area contributed by atoms with Gasteiger partial charge in [-0.3, -0.25) is 19.8 Å². The van der Waals surface area contributed by atoms with Crippen LogP contribution in [0.2, 0.25) is 0 Å². The van der Waals surface area contributed by atoms with Crippen molar-refractivity contribution in [2.24, 2.45) is 0 Å². The van der Waals surface area contributed by atoms with Crippen LogP contribution in [0.3, 0.4) is 0 Å². The van der Waals surface area contributed by atoms with Crippen molar-refractivity contribution >= 4 is 46.2 Å². The first-order valence-corrected chi connectivity index (χ1v) is 17.4. The Kier molecular flexibility index (Phi) is 15.2. The fourth-order valence-corrected chi connectivity index (χ4v) is 5.11. The highest BCUT2D eigenvalue weighted by Crippen LogP contribution is 2.31. The third kappa shape index (κ3) is 11.4. The smallest absolute Gasteiger partial charge is 0.410 e. The molecule has 0 spiro atoms. The lowest BCUT2D eigenvalue weighted by atomic mass is 10.0.